The molecule has 4 nitrogen and oxygen atoms in total. The summed E-state index contributed by atoms with van der Waals surface area (Å²) in [6.45, 7) is 7.75. The van der Waals surface area contributed by atoms with Crippen molar-refractivity contribution in [3.05, 3.63) is 15.6 Å². The first-order valence-electron chi connectivity index (χ1n) is 6.10. The number of anilines is 1. The molecular weight excluding hydrogens is 329 g/mol. The summed E-state index contributed by atoms with van der Waals surface area (Å²) < 4.78 is 6.73. The minimum Gasteiger partial charge on any atom is -0.371 e. The minimum atomic E-state index is 0.0133. The standard InChI is InChI=1S/C12H20IN3O/c1-4-7-10(17-6-3)12-15-8-9(13)11(16-12)14-5-2/h8,10H,4-7H2,1-3H3,(H,14,15,16). The topological polar surface area (TPSA) is 47.0 Å². The molecule has 0 aliphatic rings. The lowest BCUT2D eigenvalue weighted by molar-refractivity contribution is 0.0494. The van der Waals surface area contributed by atoms with Crippen LogP contribution in [0.25, 0.3) is 0 Å². The third kappa shape index (κ3) is 4.39. The number of aromatic nitrogens is 2. The Labute approximate surface area is 117 Å². The molecule has 5 heteroatoms. The largest absolute Gasteiger partial charge is 0.371 e. The van der Waals surface area contributed by atoms with Crippen molar-refractivity contribution in [2.45, 2.75) is 39.7 Å². The molecule has 0 aliphatic carbocycles. The number of hydrogen-bond donors (Lipinski definition) is 1. The van der Waals surface area contributed by atoms with Crippen LogP contribution in [0.3, 0.4) is 0 Å². The van der Waals surface area contributed by atoms with Gasteiger partial charge in [0.05, 0.1) is 3.57 Å². The van der Waals surface area contributed by atoms with Gasteiger partial charge in [-0.2, -0.15) is 0 Å². The Morgan fingerprint density at radius 2 is 2.18 bits per heavy atom. The number of nitrogens with zero attached hydrogens (tertiary/aromatic N) is 2. The van der Waals surface area contributed by atoms with Crippen LogP contribution in [0.4, 0.5) is 5.82 Å². The van der Waals surface area contributed by atoms with E-state index in [1.54, 1.807) is 0 Å². The van der Waals surface area contributed by atoms with Crippen molar-refractivity contribution in [1.29, 1.82) is 0 Å². The first-order chi connectivity index (χ1) is 8.22. The van der Waals surface area contributed by atoms with E-state index in [2.05, 4.69) is 51.7 Å². The lowest BCUT2D eigenvalue weighted by Gasteiger charge is -2.16. The van der Waals surface area contributed by atoms with E-state index < -0.39 is 0 Å². The second-order valence-corrected chi connectivity index (χ2v) is 4.85. The summed E-state index contributed by atoms with van der Waals surface area (Å²) in [5, 5.41) is 3.24. The van der Waals surface area contributed by atoms with E-state index in [-0.39, 0.29) is 6.10 Å². The summed E-state index contributed by atoms with van der Waals surface area (Å²) in [7, 11) is 0. The second-order valence-electron chi connectivity index (χ2n) is 3.69. The molecular formula is C12H20IN3O. The Hall–Kier alpha value is -0.430. The predicted molar refractivity (Wildman–Crippen MR) is 78.2 cm³/mol. The van der Waals surface area contributed by atoms with E-state index in [1.165, 1.54) is 0 Å². The second kappa shape index (κ2) is 7.81. The molecule has 0 saturated heterocycles. The number of hydrogen-bond acceptors (Lipinski definition) is 4. The molecule has 1 aromatic rings. The fraction of sp³-hybridized carbons (Fsp3) is 0.667. The van der Waals surface area contributed by atoms with Gasteiger partial charge >= 0.3 is 0 Å². The SMILES string of the molecule is CCCC(OCC)c1ncc(I)c(NCC)n1. The zero-order valence-electron chi connectivity index (χ0n) is 10.7. The van der Waals surface area contributed by atoms with Gasteiger partial charge in [-0.3, -0.25) is 0 Å². The molecule has 1 heterocycles. The zero-order valence-corrected chi connectivity index (χ0v) is 12.8. The molecule has 0 radical (unpaired) electrons. The van der Waals surface area contributed by atoms with Crippen LogP contribution in [0.2, 0.25) is 0 Å². The van der Waals surface area contributed by atoms with Crippen LogP contribution in [0.1, 0.15) is 45.5 Å². The molecule has 17 heavy (non-hydrogen) atoms. The highest BCUT2D eigenvalue weighted by molar-refractivity contribution is 14.1. The average molecular weight is 349 g/mol. The van der Waals surface area contributed by atoms with Gasteiger partial charge in [-0.1, -0.05) is 13.3 Å². The van der Waals surface area contributed by atoms with Crippen LogP contribution >= 0.6 is 22.6 Å². The van der Waals surface area contributed by atoms with Crippen LogP contribution in [0.5, 0.6) is 0 Å². The molecule has 0 spiro atoms. The normalized spacial score (nSPS) is 12.5. The van der Waals surface area contributed by atoms with Crippen LogP contribution in [0.15, 0.2) is 6.20 Å². The van der Waals surface area contributed by atoms with Gasteiger partial charge in [0.25, 0.3) is 0 Å². The predicted octanol–water partition coefficient (Wildman–Crippen LogP) is 3.39. The third-order valence-electron chi connectivity index (χ3n) is 2.31. The van der Waals surface area contributed by atoms with Gasteiger partial charge < -0.3 is 10.1 Å². The van der Waals surface area contributed by atoms with Gasteiger partial charge in [-0.05, 0) is 42.9 Å². The third-order valence-corrected chi connectivity index (χ3v) is 3.10. The Morgan fingerprint density at radius 3 is 2.76 bits per heavy atom. The molecule has 1 unspecified atom stereocenters. The summed E-state index contributed by atoms with van der Waals surface area (Å²) in [5.74, 6) is 1.68. The van der Waals surface area contributed by atoms with E-state index in [0.717, 1.165) is 34.6 Å². The first kappa shape index (κ1) is 14.6. The van der Waals surface area contributed by atoms with E-state index in [9.17, 15) is 0 Å². The molecule has 0 aromatic carbocycles. The van der Waals surface area contributed by atoms with Gasteiger partial charge in [0, 0.05) is 19.3 Å². The fourth-order valence-electron chi connectivity index (χ4n) is 1.58. The summed E-state index contributed by atoms with van der Waals surface area (Å²) in [4.78, 5) is 8.92. The average Bonchev–Trinajstić information content (AvgIpc) is 2.32. The zero-order chi connectivity index (χ0) is 12.7. The van der Waals surface area contributed by atoms with Crippen LogP contribution in [-0.2, 0) is 4.74 Å². The first-order valence-corrected chi connectivity index (χ1v) is 7.18. The van der Waals surface area contributed by atoms with E-state index in [4.69, 9.17) is 4.74 Å². The highest BCUT2D eigenvalue weighted by Gasteiger charge is 2.15. The van der Waals surface area contributed by atoms with E-state index in [0.29, 0.717) is 6.61 Å². The Morgan fingerprint density at radius 1 is 1.41 bits per heavy atom. The van der Waals surface area contributed by atoms with Crippen LogP contribution < -0.4 is 5.32 Å². The number of nitrogens with one attached hydrogen (secondary N) is 1. The maximum absolute atomic E-state index is 5.69. The molecule has 1 aromatic heterocycles. The van der Waals surface area contributed by atoms with Gasteiger partial charge in [-0.25, -0.2) is 9.97 Å². The monoisotopic (exact) mass is 349 g/mol. The van der Waals surface area contributed by atoms with Gasteiger partial charge in [0.2, 0.25) is 0 Å². The lowest BCUT2D eigenvalue weighted by atomic mass is 10.2. The molecule has 0 saturated carbocycles. The lowest BCUT2D eigenvalue weighted by Crippen LogP contribution is -2.11. The van der Waals surface area contributed by atoms with Crippen molar-refractivity contribution in [2.24, 2.45) is 0 Å². The maximum Gasteiger partial charge on any atom is 0.159 e. The number of halogens is 1. The Bertz CT molecular complexity index is 341. The van der Waals surface area contributed by atoms with Crippen molar-refractivity contribution in [2.75, 3.05) is 18.5 Å². The highest BCUT2D eigenvalue weighted by Crippen LogP contribution is 2.22. The Kier molecular flexibility index (Phi) is 6.72. The molecule has 0 bridgehead atoms. The summed E-state index contributed by atoms with van der Waals surface area (Å²) in [5.41, 5.74) is 0. The number of rotatable bonds is 7. The number of ether oxygens (including phenoxy) is 1. The van der Waals surface area contributed by atoms with Gasteiger partial charge in [0.1, 0.15) is 11.9 Å². The maximum atomic E-state index is 5.69. The molecule has 1 rings (SSSR count). The van der Waals surface area contributed by atoms with Crippen LogP contribution in [-0.4, -0.2) is 23.1 Å². The minimum absolute atomic E-state index is 0.0133. The molecule has 1 N–H and O–H groups in total. The summed E-state index contributed by atoms with van der Waals surface area (Å²) in [6, 6.07) is 0. The molecule has 0 aliphatic heterocycles. The summed E-state index contributed by atoms with van der Waals surface area (Å²) >= 11 is 2.24. The highest BCUT2D eigenvalue weighted by atomic mass is 127. The van der Waals surface area contributed by atoms with Gasteiger partial charge in [0.15, 0.2) is 5.82 Å². The van der Waals surface area contributed by atoms with Crippen LogP contribution in [0, 0.1) is 3.57 Å². The molecule has 0 fully saturated rings. The molecule has 96 valence electrons. The molecule has 1 atom stereocenters. The smallest absolute Gasteiger partial charge is 0.159 e. The van der Waals surface area contributed by atoms with E-state index >= 15 is 0 Å². The van der Waals surface area contributed by atoms with Crippen molar-refractivity contribution >= 4 is 28.4 Å². The van der Waals surface area contributed by atoms with Gasteiger partial charge in [-0.15, -0.1) is 0 Å². The Balaban J connectivity index is 2.90. The molecule has 0 amide bonds. The van der Waals surface area contributed by atoms with Crippen molar-refractivity contribution in [3.8, 4) is 0 Å². The van der Waals surface area contributed by atoms with Crippen molar-refractivity contribution < 1.29 is 4.74 Å². The van der Waals surface area contributed by atoms with Crippen molar-refractivity contribution in [3.63, 3.8) is 0 Å². The fourth-order valence-corrected chi connectivity index (χ4v) is 2.03. The summed E-state index contributed by atoms with van der Waals surface area (Å²) in [6.07, 6.45) is 3.89. The quantitative estimate of drug-likeness (QED) is 0.767. The van der Waals surface area contributed by atoms with E-state index in [1.807, 2.05) is 13.1 Å². The van der Waals surface area contributed by atoms with Crippen molar-refractivity contribution in [1.82, 2.24) is 9.97 Å².